The zero-order valence-corrected chi connectivity index (χ0v) is 14.1. The highest BCUT2D eigenvalue weighted by Crippen LogP contribution is 2.15. The van der Waals surface area contributed by atoms with Gasteiger partial charge >= 0.3 is 6.03 Å². The van der Waals surface area contributed by atoms with Gasteiger partial charge in [0.2, 0.25) is 0 Å². The predicted octanol–water partition coefficient (Wildman–Crippen LogP) is 2.68. The van der Waals surface area contributed by atoms with Crippen molar-refractivity contribution in [2.24, 2.45) is 0 Å². The van der Waals surface area contributed by atoms with Gasteiger partial charge in [-0.2, -0.15) is 0 Å². The SMILES string of the molecule is CC(=O)c1cccc(O[C@H](C)C(=O)NC(=O)NCc2ccccc2)c1. The molecule has 2 N–H and O–H groups in total. The Kier molecular flexibility index (Phi) is 6.28. The molecule has 0 saturated carbocycles. The first-order valence-corrected chi connectivity index (χ1v) is 7.86. The number of Topliss-reactive ketones (excluding diaryl/α,β-unsaturated/α-hetero) is 1. The molecule has 2 aromatic carbocycles. The minimum absolute atomic E-state index is 0.0946. The van der Waals surface area contributed by atoms with Crippen molar-refractivity contribution in [2.75, 3.05) is 0 Å². The molecule has 0 aliphatic heterocycles. The number of hydrogen-bond acceptors (Lipinski definition) is 4. The van der Waals surface area contributed by atoms with E-state index in [-0.39, 0.29) is 5.78 Å². The second kappa shape index (κ2) is 8.63. The molecule has 0 spiro atoms. The van der Waals surface area contributed by atoms with E-state index >= 15 is 0 Å². The Morgan fingerprint density at radius 3 is 2.44 bits per heavy atom. The number of imide groups is 1. The molecule has 2 aromatic rings. The summed E-state index contributed by atoms with van der Waals surface area (Å²) in [6.45, 7) is 3.29. The number of nitrogens with one attached hydrogen (secondary N) is 2. The molecule has 2 rings (SSSR count). The summed E-state index contributed by atoms with van der Waals surface area (Å²) in [5.74, 6) is -0.276. The van der Waals surface area contributed by atoms with Gasteiger partial charge in [0.1, 0.15) is 5.75 Å². The molecular weight excluding hydrogens is 320 g/mol. The van der Waals surface area contributed by atoms with Crippen LogP contribution in [0.1, 0.15) is 29.8 Å². The average Bonchev–Trinajstić information content (AvgIpc) is 2.61. The number of hydrogen-bond donors (Lipinski definition) is 2. The van der Waals surface area contributed by atoms with Gasteiger partial charge in [0, 0.05) is 12.1 Å². The Hall–Kier alpha value is -3.15. The van der Waals surface area contributed by atoms with Crippen molar-refractivity contribution in [3.05, 3.63) is 65.7 Å². The highest BCUT2D eigenvalue weighted by molar-refractivity contribution is 5.96. The Balaban J connectivity index is 1.84. The average molecular weight is 340 g/mol. The standard InChI is InChI=1S/C19H20N2O4/c1-13(22)16-9-6-10-17(11-16)25-14(2)18(23)21-19(24)20-12-15-7-4-3-5-8-15/h3-11,14H,12H2,1-2H3,(H2,20,21,23,24)/t14-/m1/s1. The Bertz CT molecular complexity index is 759. The van der Waals surface area contributed by atoms with Gasteiger partial charge < -0.3 is 10.1 Å². The number of amides is 3. The van der Waals surface area contributed by atoms with Gasteiger partial charge in [-0.05, 0) is 31.5 Å². The summed E-state index contributed by atoms with van der Waals surface area (Å²) in [7, 11) is 0. The van der Waals surface area contributed by atoms with Crippen molar-refractivity contribution in [2.45, 2.75) is 26.5 Å². The van der Waals surface area contributed by atoms with Crippen LogP contribution in [-0.2, 0) is 11.3 Å². The molecule has 0 aliphatic carbocycles. The number of ether oxygens (including phenoxy) is 1. The largest absolute Gasteiger partial charge is 0.481 e. The van der Waals surface area contributed by atoms with Gasteiger partial charge in [0.15, 0.2) is 11.9 Å². The summed E-state index contributed by atoms with van der Waals surface area (Å²) in [6, 6.07) is 15.3. The van der Waals surface area contributed by atoms with Gasteiger partial charge in [-0.25, -0.2) is 4.79 Å². The smallest absolute Gasteiger partial charge is 0.321 e. The molecule has 0 heterocycles. The van der Waals surface area contributed by atoms with E-state index in [0.717, 1.165) is 5.56 Å². The van der Waals surface area contributed by atoms with Crippen LogP contribution >= 0.6 is 0 Å². The quantitative estimate of drug-likeness (QED) is 0.792. The number of benzene rings is 2. The maximum atomic E-state index is 12.0. The summed E-state index contributed by atoms with van der Waals surface area (Å²) in [5, 5.41) is 4.83. The molecule has 130 valence electrons. The lowest BCUT2D eigenvalue weighted by Crippen LogP contribution is -2.44. The molecule has 25 heavy (non-hydrogen) atoms. The maximum Gasteiger partial charge on any atom is 0.321 e. The van der Waals surface area contributed by atoms with E-state index in [9.17, 15) is 14.4 Å². The zero-order chi connectivity index (χ0) is 18.2. The van der Waals surface area contributed by atoms with Crippen LogP contribution in [0.5, 0.6) is 5.75 Å². The fraction of sp³-hybridized carbons (Fsp3) is 0.211. The minimum Gasteiger partial charge on any atom is -0.481 e. The van der Waals surface area contributed by atoms with Gasteiger partial charge in [-0.1, -0.05) is 42.5 Å². The topological polar surface area (TPSA) is 84.5 Å². The first-order valence-electron chi connectivity index (χ1n) is 7.86. The number of carbonyl (C=O) groups excluding carboxylic acids is 3. The van der Waals surface area contributed by atoms with Crippen LogP contribution in [0.2, 0.25) is 0 Å². The summed E-state index contributed by atoms with van der Waals surface area (Å²) in [5.41, 5.74) is 1.42. The van der Waals surface area contributed by atoms with Crippen LogP contribution < -0.4 is 15.4 Å². The van der Waals surface area contributed by atoms with Crippen LogP contribution in [0.25, 0.3) is 0 Å². The van der Waals surface area contributed by atoms with Crippen molar-refractivity contribution < 1.29 is 19.1 Å². The third-order valence-corrected chi connectivity index (χ3v) is 3.46. The molecule has 0 fully saturated rings. The Morgan fingerprint density at radius 2 is 1.76 bits per heavy atom. The van der Waals surface area contributed by atoms with E-state index in [2.05, 4.69) is 10.6 Å². The fourth-order valence-corrected chi connectivity index (χ4v) is 2.08. The molecule has 6 heteroatoms. The number of rotatable bonds is 6. The van der Waals surface area contributed by atoms with Gasteiger partial charge in [0.25, 0.3) is 5.91 Å². The van der Waals surface area contributed by atoms with Crippen LogP contribution in [0.4, 0.5) is 4.79 Å². The van der Waals surface area contributed by atoms with E-state index in [1.54, 1.807) is 24.3 Å². The van der Waals surface area contributed by atoms with E-state index < -0.39 is 18.0 Å². The first-order chi connectivity index (χ1) is 12.0. The predicted molar refractivity (Wildman–Crippen MR) is 93.4 cm³/mol. The molecule has 0 saturated heterocycles. The summed E-state index contributed by atoms with van der Waals surface area (Å²) in [4.78, 5) is 35.2. The lowest BCUT2D eigenvalue weighted by atomic mass is 10.1. The minimum atomic E-state index is -0.885. The number of ketones is 1. The lowest BCUT2D eigenvalue weighted by Gasteiger charge is -2.15. The van der Waals surface area contributed by atoms with Crippen molar-refractivity contribution in [3.63, 3.8) is 0 Å². The molecule has 1 atom stereocenters. The Labute approximate surface area is 146 Å². The molecular formula is C19H20N2O4. The molecule has 0 bridgehead atoms. The second-order valence-electron chi connectivity index (χ2n) is 5.50. The van der Waals surface area contributed by atoms with E-state index in [1.165, 1.54) is 13.8 Å². The monoisotopic (exact) mass is 340 g/mol. The molecule has 0 radical (unpaired) electrons. The molecule has 3 amide bonds. The van der Waals surface area contributed by atoms with Gasteiger partial charge in [-0.3, -0.25) is 14.9 Å². The highest BCUT2D eigenvalue weighted by Gasteiger charge is 2.17. The van der Waals surface area contributed by atoms with Crippen LogP contribution in [0.15, 0.2) is 54.6 Å². The van der Waals surface area contributed by atoms with Crippen LogP contribution in [0.3, 0.4) is 0 Å². The van der Waals surface area contributed by atoms with Crippen molar-refractivity contribution >= 4 is 17.7 Å². The molecule has 6 nitrogen and oxygen atoms in total. The first kappa shape index (κ1) is 18.2. The maximum absolute atomic E-state index is 12.0. The summed E-state index contributed by atoms with van der Waals surface area (Å²) >= 11 is 0. The lowest BCUT2D eigenvalue weighted by molar-refractivity contribution is -0.126. The van der Waals surface area contributed by atoms with E-state index in [4.69, 9.17) is 4.74 Å². The zero-order valence-electron chi connectivity index (χ0n) is 14.1. The molecule has 0 aliphatic rings. The highest BCUT2D eigenvalue weighted by atomic mass is 16.5. The van der Waals surface area contributed by atoms with Crippen molar-refractivity contribution in [1.29, 1.82) is 0 Å². The van der Waals surface area contributed by atoms with Crippen molar-refractivity contribution in [1.82, 2.24) is 10.6 Å². The Morgan fingerprint density at radius 1 is 1.04 bits per heavy atom. The van der Waals surface area contributed by atoms with Gasteiger partial charge in [0.05, 0.1) is 0 Å². The third kappa shape index (κ3) is 5.76. The van der Waals surface area contributed by atoms with Crippen molar-refractivity contribution in [3.8, 4) is 5.75 Å². The normalized spacial score (nSPS) is 11.3. The van der Waals surface area contributed by atoms with E-state index in [1.807, 2.05) is 30.3 Å². The summed E-state index contributed by atoms with van der Waals surface area (Å²) < 4.78 is 5.49. The summed E-state index contributed by atoms with van der Waals surface area (Å²) in [6.07, 6.45) is -0.885. The molecule has 0 unspecified atom stereocenters. The van der Waals surface area contributed by atoms with Crippen LogP contribution in [0, 0.1) is 0 Å². The molecule has 0 aromatic heterocycles. The van der Waals surface area contributed by atoms with Gasteiger partial charge in [-0.15, -0.1) is 0 Å². The van der Waals surface area contributed by atoms with Crippen LogP contribution in [-0.4, -0.2) is 23.8 Å². The number of carbonyl (C=O) groups is 3. The number of urea groups is 1. The fourth-order valence-electron chi connectivity index (χ4n) is 2.08. The third-order valence-electron chi connectivity index (χ3n) is 3.46. The second-order valence-corrected chi connectivity index (χ2v) is 5.50. The van der Waals surface area contributed by atoms with E-state index in [0.29, 0.717) is 17.9 Å².